The Bertz CT molecular complexity index is 4490. The molecule has 3 aromatic heterocycles. The molecule has 0 aliphatic heterocycles. The van der Waals surface area contributed by atoms with Crippen molar-refractivity contribution in [2.75, 3.05) is 4.90 Å². The van der Waals surface area contributed by atoms with Crippen molar-refractivity contribution in [3.05, 3.63) is 302 Å². The van der Waals surface area contributed by atoms with Crippen molar-refractivity contribution in [1.82, 2.24) is 4.57 Å². The van der Waals surface area contributed by atoms with Crippen molar-refractivity contribution >= 4 is 61.4 Å². The first-order valence-corrected chi connectivity index (χ1v) is 29.4. The fraction of sp³-hybridized carbons (Fsp3) is 0.0390. The lowest BCUT2D eigenvalue weighted by molar-refractivity contribution is 0.661. The first kappa shape index (κ1) is 48.5. The van der Waals surface area contributed by atoms with Gasteiger partial charge in [0.05, 0.1) is 16.9 Å². The number of para-hydroxylation sites is 1. The Morgan fingerprint density at radius 1 is 0.321 bits per heavy atom. The summed E-state index contributed by atoms with van der Waals surface area (Å²) in [6, 6.07) is 107. The van der Waals surface area contributed by atoms with Crippen LogP contribution in [-0.2, 0) is 5.41 Å². The molecule has 0 bridgehead atoms. The number of hydrogen-bond acceptors (Lipinski definition) is 3. The molecule has 14 aromatic rings. The maximum atomic E-state index is 2.50. The van der Waals surface area contributed by atoms with E-state index in [1.54, 1.807) is 0 Å². The molecule has 0 radical (unpaired) electrons. The van der Waals surface area contributed by atoms with Gasteiger partial charge in [-0.25, -0.2) is 0 Å². The number of aromatic nitrogens is 1. The Morgan fingerprint density at radius 2 is 0.753 bits per heavy atom. The highest BCUT2D eigenvalue weighted by Crippen LogP contribution is 2.54. The molecule has 0 amide bonds. The van der Waals surface area contributed by atoms with Crippen molar-refractivity contribution < 1.29 is 0 Å². The highest BCUT2D eigenvalue weighted by atomic mass is 32.1. The molecule has 0 saturated heterocycles. The molecule has 81 heavy (non-hydrogen) atoms. The van der Waals surface area contributed by atoms with Gasteiger partial charge >= 0.3 is 0 Å². The Morgan fingerprint density at radius 3 is 1.30 bits per heavy atom. The Hall–Kier alpha value is -9.58. The minimum absolute atomic E-state index is 0.274. The highest BCUT2D eigenvalue weighted by Gasteiger charge is 2.38. The molecule has 0 unspecified atom stereocenters. The van der Waals surface area contributed by atoms with Crippen molar-refractivity contribution in [1.29, 1.82) is 0 Å². The van der Waals surface area contributed by atoms with Crippen LogP contribution in [-0.4, -0.2) is 4.57 Å². The van der Waals surface area contributed by atoms with Crippen LogP contribution in [0.4, 0.5) is 17.1 Å². The summed E-state index contributed by atoms with van der Waals surface area (Å²) in [6.45, 7) is 4.83. The fourth-order valence-corrected chi connectivity index (χ4v) is 14.5. The number of fused-ring (bicyclic) bond motifs is 5. The number of thiophene rings is 2. The third kappa shape index (κ3) is 8.46. The fourth-order valence-electron chi connectivity index (χ4n) is 12.5. The predicted octanol–water partition coefficient (Wildman–Crippen LogP) is 22.4. The summed E-state index contributed by atoms with van der Waals surface area (Å²) < 4.78 is 2.49. The standard InChI is InChI=1S/C77H54N2S2/c1-77(2)67-48-57(36-41-63(67)65-49-66-70(50-68(65)77)79(58-28-16-7-17-29-58)76(56-26-14-6-15-27-56)75(66)55-24-12-5-13-25-55)61-42-43-69(64-31-19-18-30-62(61)64)78(59-37-32-53(33-38-59)73-46-44-71(80-73)51-20-8-3-9-21-51)60-39-34-54(35-40-60)74-47-45-72(81-74)52-22-10-4-11-23-52/h3-50H,1-2H3. The minimum Gasteiger partial charge on any atom is -0.310 e. The van der Waals surface area contributed by atoms with E-state index >= 15 is 0 Å². The van der Waals surface area contributed by atoms with Gasteiger partial charge in [0, 0.05) is 58.3 Å². The quantitative estimate of drug-likeness (QED) is 0.125. The average molecular weight is 1070 g/mol. The second-order valence-corrected chi connectivity index (χ2v) is 23.8. The number of anilines is 3. The smallest absolute Gasteiger partial charge is 0.0619 e. The SMILES string of the molecule is CC1(C)c2cc(-c3ccc(N(c4ccc(-c5ccc(-c6ccccc6)s5)cc4)c4ccc(-c5ccc(-c6ccccc6)s5)cc4)c4ccccc34)ccc2-c2cc3c(-c4ccccc4)c(-c4ccccc4)n(-c4ccccc4)c3cc21. The van der Waals surface area contributed by atoms with E-state index in [1.165, 1.54) is 119 Å². The zero-order valence-corrected chi connectivity index (χ0v) is 46.6. The molecule has 1 aliphatic rings. The molecule has 0 spiro atoms. The lowest BCUT2D eigenvalue weighted by atomic mass is 9.81. The Kier molecular flexibility index (Phi) is 12.0. The van der Waals surface area contributed by atoms with Gasteiger partial charge in [0.1, 0.15) is 0 Å². The third-order valence-electron chi connectivity index (χ3n) is 16.5. The van der Waals surface area contributed by atoms with Crippen molar-refractivity contribution in [3.63, 3.8) is 0 Å². The van der Waals surface area contributed by atoms with E-state index in [0.29, 0.717) is 0 Å². The zero-order chi connectivity index (χ0) is 54.0. The predicted molar refractivity (Wildman–Crippen MR) is 347 cm³/mol. The second kappa shape index (κ2) is 20.0. The highest BCUT2D eigenvalue weighted by molar-refractivity contribution is 7.19. The van der Waals surface area contributed by atoms with Gasteiger partial charge in [-0.2, -0.15) is 0 Å². The number of rotatable bonds is 11. The molecule has 3 heterocycles. The molecule has 1 aliphatic carbocycles. The van der Waals surface area contributed by atoms with Gasteiger partial charge < -0.3 is 9.47 Å². The molecule has 15 rings (SSSR count). The van der Waals surface area contributed by atoms with Crippen LogP contribution < -0.4 is 4.90 Å². The van der Waals surface area contributed by atoms with Crippen LogP contribution in [0.1, 0.15) is 25.0 Å². The monoisotopic (exact) mass is 1070 g/mol. The summed E-state index contributed by atoms with van der Waals surface area (Å²) in [6.07, 6.45) is 0. The lowest BCUT2D eigenvalue weighted by Crippen LogP contribution is -2.15. The molecule has 0 fully saturated rings. The van der Waals surface area contributed by atoms with E-state index in [-0.39, 0.29) is 5.41 Å². The summed E-state index contributed by atoms with van der Waals surface area (Å²) in [7, 11) is 0. The average Bonchev–Trinajstić information content (AvgIpc) is 3.79. The van der Waals surface area contributed by atoms with E-state index < -0.39 is 0 Å². The Balaban J connectivity index is 0.842. The topological polar surface area (TPSA) is 8.17 Å². The van der Waals surface area contributed by atoms with Gasteiger partial charge in [-0.05, 0) is 157 Å². The normalized spacial score (nSPS) is 12.4. The van der Waals surface area contributed by atoms with Gasteiger partial charge in [0.2, 0.25) is 0 Å². The molecule has 2 nitrogen and oxygen atoms in total. The van der Waals surface area contributed by atoms with Gasteiger partial charge in [-0.3, -0.25) is 0 Å². The van der Waals surface area contributed by atoms with Gasteiger partial charge in [0.15, 0.2) is 0 Å². The molecule has 4 heteroatoms. The molecule has 0 N–H and O–H groups in total. The van der Waals surface area contributed by atoms with E-state index in [0.717, 1.165) is 22.7 Å². The number of benzene rings is 11. The maximum absolute atomic E-state index is 2.50. The second-order valence-electron chi connectivity index (χ2n) is 21.6. The Labute approximate surface area is 481 Å². The van der Waals surface area contributed by atoms with Crippen molar-refractivity contribution in [3.8, 4) is 92.1 Å². The van der Waals surface area contributed by atoms with Crippen LogP contribution in [0.3, 0.4) is 0 Å². The van der Waals surface area contributed by atoms with Gasteiger partial charge in [-0.15, -0.1) is 22.7 Å². The van der Waals surface area contributed by atoms with E-state index in [4.69, 9.17) is 0 Å². The third-order valence-corrected chi connectivity index (χ3v) is 18.9. The number of hydrogen-bond donors (Lipinski definition) is 0. The van der Waals surface area contributed by atoms with Crippen LogP contribution in [0.25, 0.3) is 114 Å². The molecule has 0 saturated carbocycles. The minimum atomic E-state index is -0.274. The number of nitrogens with zero attached hydrogens (tertiary/aromatic N) is 2. The first-order valence-electron chi connectivity index (χ1n) is 27.8. The zero-order valence-electron chi connectivity index (χ0n) is 44.9. The van der Waals surface area contributed by atoms with Crippen molar-refractivity contribution in [2.45, 2.75) is 19.3 Å². The summed E-state index contributed by atoms with van der Waals surface area (Å²) in [5.74, 6) is 0. The van der Waals surface area contributed by atoms with Crippen LogP contribution in [0.2, 0.25) is 0 Å². The largest absolute Gasteiger partial charge is 0.310 e. The van der Waals surface area contributed by atoms with E-state index in [1.807, 2.05) is 22.7 Å². The van der Waals surface area contributed by atoms with Crippen LogP contribution in [0.5, 0.6) is 0 Å². The maximum Gasteiger partial charge on any atom is 0.0619 e. The first-order chi connectivity index (χ1) is 39.9. The molecular weight excluding hydrogens is 1020 g/mol. The molecular formula is C77H54N2S2. The van der Waals surface area contributed by atoms with Gasteiger partial charge in [-0.1, -0.05) is 220 Å². The van der Waals surface area contributed by atoms with Crippen LogP contribution in [0.15, 0.2) is 291 Å². The van der Waals surface area contributed by atoms with E-state index in [9.17, 15) is 0 Å². The summed E-state index contributed by atoms with van der Waals surface area (Å²) >= 11 is 3.67. The molecule has 0 atom stereocenters. The summed E-state index contributed by atoms with van der Waals surface area (Å²) in [5.41, 5.74) is 22.9. The van der Waals surface area contributed by atoms with Crippen LogP contribution in [0, 0.1) is 0 Å². The molecule has 384 valence electrons. The van der Waals surface area contributed by atoms with Crippen molar-refractivity contribution in [2.24, 2.45) is 0 Å². The van der Waals surface area contributed by atoms with Gasteiger partial charge in [0.25, 0.3) is 0 Å². The van der Waals surface area contributed by atoms with Crippen LogP contribution >= 0.6 is 22.7 Å². The summed E-state index contributed by atoms with van der Waals surface area (Å²) in [5, 5.41) is 3.65. The molecule has 11 aromatic carbocycles. The lowest BCUT2D eigenvalue weighted by Gasteiger charge is -2.28. The van der Waals surface area contributed by atoms with E-state index in [2.05, 4.69) is 315 Å². The summed E-state index contributed by atoms with van der Waals surface area (Å²) in [4.78, 5) is 7.48.